The Morgan fingerprint density at radius 3 is 1.66 bits per heavy atom. The molecule has 23 heteroatoms. The van der Waals surface area contributed by atoms with Gasteiger partial charge in [-0.1, -0.05) is 95.1 Å². The van der Waals surface area contributed by atoms with E-state index in [1.54, 1.807) is 28.4 Å². The van der Waals surface area contributed by atoms with Gasteiger partial charge in [0.1, 0.15) is 15.6 Å². The molecule has 12 rings (SSSR count). The maximum atomic E-state index is 15.0. The first-order chi connectivity index (χ1) is 43.9. The molecule has 5 aromatic carbocycles. The fraction of sp³-hybridized carbons (Fsp3) is 0.338. The van der Waals surface area contributed by atoms with Crippen LogP contribution >= 0.6 is 67.9 Å². The van der Waals surface area contributed by atoms with Gasteiger partial charge in [-0.25, -0.2) is 38.7 Å². The number of hydrogen-bond acceptors (Lipinski definition) is 18. The molecule has 0 saturated carbocycles. The molecule has 2 N–H and O–H groups in total. The summed E-state index contributed by atoms with van der Waals surface area (Å²) in [5, 5.41) is 22.5. The molecule has 7 heterocycles. The van der Waals surface area contributed by atoms with Crippen LogP contribution in [0.5, 0.6) is 5.75 Å². The van der Waals surface area contributed by atoms with Gasteiger partial charge in [0.05, 0.1) is 46.4 Å². The van der Waals surface area contributed by atoms with E-state index in [1.165, 1.54) is 45.6 Å². The number of aromatic carboxylic acids is 2. The van der Waals surface area contributed by atoms with Crippen LogP contribution in [0.25, 0.3) is 20.4 Å². The van der Waals surface area contributed by atoms with Gasteiger partial charge in [-0.3, -0.25) is 14.5 Å². The molecule has 1 saturated heterocycles. The lowest BCUT2D eigenvalue weighted by Crippen LogP contribution is -2.50. The van der Waals surface area contributed by atoms with Crippen LogP contribution in [0.1, 0.15) is 123 Å². The molecule has 1 fully saturated rings. The minimum atomic E-state index is -1.11. The maximum Gasteiger partial charge on any atom is 0.410 e. The van der Waals surface area contributed by atoms with Crippen molar-refractivity contribution in [2.45, 2.75) is 90.8 Å². The molecule has 3 aliphatic heterocycles. The van der Waals surface area contributed by atoms with E-state index in [4.69, 9.17) is 9.47 Å². The first-order valence-electron chi connectivity index (χ1n) is 30.0. The Kier molecular flexibility index (Phi) is 20.8. The summed E-state index contributed by atoms with van der Waals surface area (Å²) in [5.41, 5.74) is 7.57. The van der Waals surface area contributed by atoms with Crippen LogP contribution in [0, 0.1) is 17.7 Å². The number of fused-ring (bicyclic) bond motifs is 4. The van der Waals surface area contributed by atoms with Crippen molar-refractivity contribution in [1.82, 2.24) is 29.7 Å². The van der Waals surface area contributed by atoms with E-state index in [1.807, 2.05) is 105 Å². The molecule has 1 amide bonds. The number of ketones is 2. The normalized spacial score (nSPS) is 14.1. The third-order valence-corrected chi connectivity index (χ3v) is 20.8. The van der Waals surface area contributed by atoms with Gasteiger partial charge in [-0.2, -0.15) is 0 Å². The van der Waals surface area contributed by atoms with Crippen LogP contribution < -0.4 is 14.5 Å². The number of carbonyl (C=O) groups is 5. The van der Waals surface area contributed by atoms with E-state index in [0.717, 1.165) is 92.9 Å². The summed E-state index contributed by atoms with van der Waals surface area (Å²) in [6.45, 7) is 11.1. The molecule has 0 radical (unpaired) electrons. The number of amides is 1. The van der Waals surface area contributed by atoms with Gasteiger partial charge in [0.25, 0.3) is 0 Å². The molecular weight excluding hydrogens is 1350 g/mol. The van der Waals surface area contributed by atoms with Crippen molar-refractivity contribution in [3.8, 4) is 17.6 Å². The zero-order chi connectivity index (χ0) is 63.8. The van der Waals surface area contributed by atoms with Gasteiger partial charge in [0, 0.05) is 78.8 Å². The van der Waals surface area contributed by atoms with Gasteiger partial charge >= 0.3 is 18.0 Å². The lowest BCUT2D eigenvalue weighted by Gasteiger charge is -2.34. The molecule has 470 valence electrons. The summed E-state index contributed by atoms with van der Waals surface area (Å²) >= 11 is 8.19. The lowest BCUT2D eigenvalue weighted by molar-refractivity contribution is 0.0155. The van der Waals surface area contributed by atoms with Crippen molar-refractivity contribution in [2.75, 3.05) is 66.6 Å². The van der Waals surface area contributed by atoms with E-state index in [-0.39, 0.29) is 54.2 Å². The number of thiazole rings is 4. The van der Waals surface area contributed by atoms with Crippen molar-refractivity contribution in [3.05, 3.63) is 179 Å². The number of halogens is 2. The van der Waals surface area contributed by atoms with Crippen LogP contribution in [0.2, 0.25) is 0 Å². The third-order valence-electron chi connectivity index (χ3n) is 15.6. The molecule has 0 aliphatic carbocycles. The van der Waals surface area contributed by atoms with Crippen LogP contribution in [0.3, 0.4) is 0 Å². The standard InChI is InChI=1S/C43H44FN5O6S2.C25H22IN3O3S2/c1-43(2,3)55-42(53)48-22-20-47(21-23-48)18-7-9-28-15-16-35(32(44)25-28)54-24-8-14-37-39(40(51)52)46-41(57-37)49-19-17-29-10-6-11-30(31(29)27-49)34(50)26-38-45-33-12-4-5-13-36(33)56-38;26-11-4-9-21-23(24(31)32)28-25(34-21)29-12-10-15-5-3-6-16(17(15)14-29)19(30)13-22-27-18-7-1-2-8-20(18)33-22/h4-6,10-13,15-16,25H,8,14,17-24,26-27H2,1-3H3,(H,51,52);1-3,5-8H,4,9-14H2,(H,31,32). The van der Waals surface area contributed by atoms with E-state index >= 15 is 0 Å². The number of carboxylic acid groups (broad SMARTS) is 2. The number of benzene rings is 5. The van der Waals surface area contributed by atoms with Crippen LogP contribution in [-0.4, -0.2) is 132 Å². The number of alkyl halides is 1. The summed E-state index contributed by atoms with van der Waals surface area (Å²) in [4.78, 5) is 90.9. The Bertz CT molecular complexity index is 4190. The minimum Gasteiger partial charge on any atom is -0.491 e. The highest BCUT2D eigenvalue weighted by Crippen LogP contribution is 2.36. The smallest absolute Gasteiger partial charge is 0.410 e. The number of anilines is 2. The molecule has 0 spiro atoms. The second-order valence-corrected chi connectivity index (χ2v) is 28.6. The Balaban J connectivity index is 0.000000212. The van der Waals surface area contributed by atoms with Crippen molar-refractivity contribution in [1.29, 1.82) is 0 Å². The Morgan fingerprint density at radius 1 is 0.637 bits per heavy atom. The van der Waals surface area contributed by atoms with Crippen LogP contribution in [-0.2, 0) is 56.4 Å². The quantitative estimate of drug-likeness (QED) is 0.0254. The van der Waals surface area contributed by atoms with Crippen molar-refractivity contribution in [3.63, 3.8) is 0 Å². The summed E-state index contributed by atoms with van der Waals surface area (Å²) in [7, 11) is 0. The lowest BCUT2D eigenvalue weighted by atomic mass is 9.92. The highest BCUT2D eigenvalue weighted by atomic mass is 127. The molecular formula is C68H66FIN8O9S4. The van der Waals surface area contributed by atoms with Gasteiger partial charge in [0.2, 0.25) is 0 Å². The number of hydrogen-bond donors (Lipinski definition) is 2. The van der Waals surface area contributed by atoms with Gasteiger partial charge in [-0.15, -0.1) is 45.3 Å². The van der Waals surface area contributed by atoms with Crippen molar-refractivity contribution in [2.24, 2.45) is 0 Å². The summed E-state index contributed by atoms with van der Waals surface area (Å²) in [6.07, 6.45) is 4.17. The van der Waals surface area contributed by atoms with Gasteiger partial charge in [0.15, 0.2) is 44.8 Å². The third kappa shape index (κ3) is 16.1. The zero-order valence-electron chi connectivity index (χ0n) is 50.5. The topological polar surface area (TPSA) is 209 Å². The maximum absolute atomic E-state index is 15.0. The molecule has 91 heavy (non-hydrogen) atoms. The molecule has 9 aromatic rings. The molecule has 3 aliphatic rings. The Hall–Kier alpha value is -7.73. The summed E-state index contributed by atoms with van der Waals surface area (Å²) < 4.78 is 29.3. The van der Waals surface area contributed by atoms with Crippen LogP contribution in [0.4, 0.5) is 19.4 Å². The highest BCUT2D eigenvalue weighted by Gasteiger charge is 2.30. The number of rotatable bonds is 19. The fourth-order valence-electron chi connectivity index (χ4n) is 11.1. The molecule has 0 bridgehead atoms. The average Bonchev–Trinajstić information content (AvgIpc) is 2.35. The van der Waals surface area contributed by atoms with Crippen LogP contribution in [0.15, 0.2) is 103 Å². The number of carbonyl (C=O) groups excluding carboxylic acids is 3. The zero-order valence-corrected chi connectivity index (χ0v) is 55.9. The van der Waals surface area contributed by atoms with Crippen molar-refractivity contribution >= 4 is 128 Å². The monoisotopic (exact) mass is 1410 g/mol. The number of nitrogens with zero attached hydrogens (tertiary/aromatic N) is 8. The fourth-order valence-corrected chi connectivity index (χ4v) is 15.6. The molecule has 4 aromatic heterocycles. The minimum absolute atomic E-state index is 0.0000209. The van der Waals surface area contributed by atoms with Gasteiger partial charge < -0.3 is 34.4 Å². The van der Waals surface area contributed by atoms with E-state index in [0.29, 0.717) is 92.8 Å². The first-order valence-corrected chi connectivity index (χ1v) is 34.8. The molecule has 17 nitrogen and oxygen atoms in total. The first kappa shape index (κ1) is 64.8. The summed E-state index contributed by atoms with van der Waals surface area (Å²) in [6, 6.07) is 32.1. The number of ether oxygens (including phenoxy) is 2. The average molecular weight is 1410 g/mol. The molecule has 0 unspecified atom stereocenters. The highest BCUT2D eigenvalue weighted by molar-refractivity contribution is 14.1. The Morgan fingerprint density at radius 2 is 1.16 bits per heavy atom. The SMILES string of the molecule is CC(C)(C)OC(=O)N1CCN(CC#Cc2ccc(OCCCc3sc(N4CCc5cccc(C(=O)Cc6nc7ccccc7s6)c5C4)nc3C(=O)O)c(F)c2)CC1.O=C(Cc1nc2ccccc2s1)c1cccc2c1CN(c1nc(C(=O)O)c(CCCI)s1)CC2. The predicted octanol–water partition coefficient (Wildman–Crippen LogP) is 13.3. The second-order valence-electron chi connectivity index (χ2n) is 23.2. The molecule has 0 atom stereocenters. The summed E-state index contributed by atoms with van der Waals surface area (Å²) in [5.74, 6) is 3.66. The largest absolute Gasteiger partial charge is 0.491 e. The van der Waals surface area contributed by atoms with Gasteiger partial charge in [-0.05, 0) is 128 Å². The predicted molar refractivity (Wildman–Crippen MR) is 364 cm³/mol. The number of carboxylic acids is 2. The van der Waals surface area contributed by atoms with E-state index in [2.05, 4.69) is 70.2 Å². The van der Waals surface area contributed by atoms with Crippen molar-refractivity contribution < 1.29 is 48.0 Å². The number of Topliss-reactive ketones (excluding diaryl/α,β-unsaturated/α-hetero) is 2. The number of aromatic nitrogens is 4. The number of para-hydroxylation sites is 2. The van der Waals surface area contributed by atoms with E-state index < -0.39 is 23.4 Å². The number of piperazine rings is 1. The number of aryl methyl sites for hydroxylation is 2. The van der Waals surface area contributed by atoms with E-state index in [9.17, 15) is 38.6 Å². The second kappa shape index (κ2) is 29.3. The Labute approximate surface area is 556 Å².